The van der Waals surface area contributed by atoms with Gasteiger partial charge in [-0.2, -0.15) is 0 Å². The minimum absolute atomic E-state index is 0.0846. The lowest BCUT2D eigenvalue weighted by atomic mass is 9.94. The third-order valence-corrected chi connectivity index (χ3v) is 5.23. The largest absolute Gasteiger partial charge is 0.395 e. The summed E-state index contributed by atoms with van der Waals surface area (Å²) in [5, 5.41) is 64.7. The molecule has 0 amide bonds. The molecule has 4 atom stereocenters. The standard InChI is InChI=1S/C17H23N9O6/c18-22-20-10-1-2-12(13(5-10)26(31)32)19-9-25-6-11(21-23-25)3-4-24-7-15(28)17(30)16(29)14(24)8-27/h1-2,5-6,14-17,19,27-30H,3-4,7-9H2/t14-,15+,16-,17-/m1/s1. The summed E-state index contributed by atoms with van der Waals surface area (Å²) >= 11 is 0. The summed E-state index contributed by atoms with van der Waals surface area (Å²) in [7, 11) is 0. The highest BCUT2D eigenvalue weighted by Gasteiger charge is 2.40. The number of hydrogen-bond acceptors (Lipinski definition) is 11. The van der Waals surface area contributed by atoms with Crippen LogP contribution in [0.4, 0.5) is 17.1 Å². The summed E-state index contributed by atoms with van der Waals surface area (Å²) in [6.45, 7) is 0.152. The number of nitrogens with zero attached hydrogens (tertiary/aromatic N) is 8. The highest BCUT2D eigenvalue weighted by molar-refractivity contribution is 5.66. The van der Waals surface area contributed by atoms with Gasteiger partial charge in [0.05, 0.1) is 35.6 Å². The molecule has 5 N–H and O–H groups in total. The van der Waals surface area contributed by atoms with Crippen LogP contribution in [0.2, 0.25) is 0 Å². The number of aromatic nitrogens is 3. The van der Waals surface area contributed by atoms with E-state index in [1.807, 2.05) is 0 Å². The molecule has 172 valence electrons. The molecule has 0 saturated carbocycles. The first kappa shape index (κ1) is 23.3. The van der Waals surface area contributed by atoms with Crippen LogP contribution in [-0.4, -0.2) is 89.3 Å². The molecule has 1 aromatic heterocycles. The molecule has 1 fully saturated rings. The Morgan fingerprint density at radius 2 is 2.12 bits per heavy atom. The Morgan fingerprint density at radius 3 is 2.81 bits per heavy atom. The van der Waals surface area contributed by atoms with Gasteiger partial charge < -0.3 is 25.7 Å². The topological polar surface area (TPSA) is 219 Å². The Balaban J connectivity index is 1.60. The lowest BCUT2D eigenvalue weighted by molar-refractivity contribution is -0.383. The molecule has 32 heavy (non-hydrogen) atoms. The average Bonchev–Trinajstić information content (AvgIpc) is 3.23. The molecule has 0 aliphatic carbocycles. The lowest BCUT2D eigenvalue weighted by Crippen LogP contribution is -2.62. The SMILES string of the molecule is [N-]=[N+]=Nc1ccc(NCn2cc(CCN3C[C@H](O)[C@@H](O)[C@H](O)[C@H]3CO)nn2)c([N+](=O)[O-])c1. The maximum atomic E-state index is 11.3. The molecule has 2 heterocycles. The first-order valence-corrected chi connectivity index (χ1v) is 9.69. The van der Waals surface area contributed by atoms with Gasteiger partial charge in [0.1, 0.15) is 24.6 Å². The van der Waals surface area contributed by atoms with Crippen molar-refractivity contribution in [2.75, 3.05) is 25.0 Å². The van der Waals surface area contributed by atoms with Gasteiger partial charge in [-0.25, -0.2) is 4.68 Å². The second-order valence-electron chi connectivity index (χ2n) is 7.28. The molecule has 15 heteroatoms. The Bertz CT molecular complexity index is 995. The van der Waals surface area contributed by atoms with E-state index in [0.29, 0.717) is 18.7 Å². The van der Waals surface area contributed by atoms with Crippen molar-refractivity contribution in [3.8, 4) is 0 Å². The molecule has 2 aromatic rings. The number of likely N-dealkylation sites (tertiary alicyclic amines) is 1. The normalized spacial score (nSPS) is 23.5. The molecule has 1 aliphatic heterocycles. The molecule has 1 aromatic carbocycles. The van der Waals surface area contributed by atoms with Crippen LogP contribution in [0.5, 0.6) is 0 Å². The quantitative estimate of drug-likeness (QED) is 0.109. The van der Waals surface area contributed by atoms with Crippen molar-refractivity contribution in [1.29, 1.82) is 0 Å². The van der Waals surface area contributed by atoms with E-state index in [9.17, 15) is 30.5 Å². The first-order chi connectivity index (χ1) is 15.3. The lowest BCUT2D eigenvalue weighted by Gasteiger charge is -2.43. The number of hydrogen-bond donors (Lipinski definition) is 5. The van der Waals surface area contributed by atoms with Crippen LogP contribution in [0, 0.1) is 10.1 Å². The van der Waals surface area contributed by atoms with Crippen LogP contribution in [0.25, 0.3) is 10.4 Å². The number of aliphatic hydroxyl groups is 4. The number of benzene rings is 1. The van der Waals surface area contributed by atoms with E-state index in [0.717, 1.165) is 6.07 Å². The van der Waals surface area contributed by atoms with Gasteiger partial charge in [0, 0.05) is 36.2 Å². The van der Waals surface area contributed by atoms with E-state index in [4.69, 9.17) is 5.53 Å². The predicted octanol–water partition coefficient (Wildman–Crippen LogP) is -0.501. The van der Waals surface area contributed by atoms with Crippen LogP contribution in [0.1, 0.15) is 5.69 Å². The van der Waals surface area contributed by atoms with Crippen LogP contribution < -0.4 is 5.32 Å². The molecule has 0 unspecified atom stereocenters. The number of piperidine rings is 1. The molecule has 3 rings (SSSR count). The van der Waals surface area contributed by atoms with Gasteiger partial charge in [-0.3, -0.25) is 15.0 Å². The smallest absolute Gasteiger partial charge is 0.292 e. The van der Waals surface area contributed by atoms with Gasteiger partial charge in [-0.1, -0.05) is 16.4 Å². The number of nitro groups is 1. The molecule has 0 bridgehead atoms. The number of nitro benzene ring substituents is 1. The summed E-state index contributed by atoms with van der Waals surface area (Å²) < 4.78 is 1.44. The highest BCUT2D eigenvalue weighted by Crippen LogP contribution is 2.29. The van der Waals surface area contributed by atoms with Gasteiger partial charge in [-0.15, -0.1) is 5.10 Å². The van der Waals surface area contributed by atoms with E-state index in [-0.39, 0.29) is 36.9 Å². The summed E-state index contributed by atoms with van der Waals surface area (Å²) in [5.74, 6) is 0. The predicted molar refractivity (Wildman–Crippen MR) is 110 cm³/mol. The maximum Gasteiger partial charge on any atom is 0.292 e. The van der Waals surface area contributed by atoms with Gasteiger partial charge >= 0.3 is 0 Å². The second-order valence-corrected chi connectivity index (χ2v) is 7.28. The van der Waals surface area contributed by atoms with Crippen molar-refractivity contribution in [3.05, 3.63) is 50.6 Å². The molecule has 15 nitrogen and oxygen atoms in total. The third-order valence-electron chi connectivity index (χ3n) is 5.23. The number of nitrogens with one attached hydrogen (secondary N) is 1. The molecular formula is C17H23N9O6. The van der Waals surface area contributed by atoms with E-state index in [2.05, 4.69) is 25.7 Å². The second kappa shape index (κ2) is 10.3. The monoisotopic (exact) mass is 449 g/mol. The summed E-state index contributed by atoms with van der Waals surface area (Å²) in [6.07, 6.45) is -1.70. The van der Waals surface area contributed by atoms with Crippen molar-refractivity contribution in [2.24, 2.45) is 5.11 Å². The van der Waals surface area contributed by atoms with Crippen molar-refractivity contribution in [3.63, 3.8) is 0 Å². The molecule has 0 radical (unpaired) electrons. The van der Waals surface area contributed by atoms with Crippen LogP contribution in [0.15, 0.2) is 29.5 Å². The summed E-state index contributed by atoms with van der Waals surface area (Å²) in [6, 6.07) is 3.32. The highest BCUT2D eigenvalue weighted by atomic mass is 16.6. The number of azide groups is 1. The van der Waals surface area contributed by atoms with Gasteiger partial charge in [-0.05, 0) is 11.6 Å². The third kappa shape index (κ3) is 5.28. The molecule has 0 spiro atoms. The summed E-state index contributed by atoms with van der Waals surface area (Å²) in [4.78, 5) is 15.0. The fourth-order valence-electron chi connectivity index (χ4n) is 3.52. The van der Waals surface area contributed by atoms with Crippen LogP contribution in [0.3, 0.4) is 0 Å². The zero-order valence-electron chi connectivity index (χ0n) is 16.8. The fraction of sp³-hybridized carbons (Fsp3) is 0.529. The van der Waals surface area contributed by atoms with Gasteiger partial charge in [0.15, 0.2) is 0 Å². The van der Waals surface area contributed by atoms with Gasteiger partial charge in [0.25, 0.3) is 5.69 Å². The Labute approximate surface area is 181 Å². The number of aliphatic hydroxyl groups excluding tert-OH is 4. The first-order valence-electron chi connectivity index (χ1n) is 9.69. The van der Waals surface area contributed by atoms with Crippen molar-refractivity contribution < 1.29 is 25.3 Å². The van der Waals surface area contributed by atoms with E-state index in [1.165, 1.54) is 16.8 Å². The Kier molecular flexibility index (Phi) is 7.53. The average molecular weight is 449 g/mol. The maximum absolute atomic E-state index is 11.3. The van der Waals surface area contributed by atoms with E-state index < -0.39 is 29.3 Å². The van der Waals surface area contributed by atoms with Crippen LogP contribution in [-0.2, 0) is 13.1 Å². The Hall–Kier alpha value is -3.33. The Morgan fingerprint density at radius 1 is 1.34 bits per heavy atom. The van der Waals surface area contributed by atoms with Crippen molar-refractivity contribution in [2.45, 2.75) is 37.4 Å². The molecule has 1 aliphatic rings. The van der Waals surface area contributed by atoms with E-state index >= 15 is 0 Å². The van der Waals surface area contributed by atoms with Crippen molar-refractivity contribution in [1.82, 2.24) is 19.9 Å². The minimum atomic E-state index is -1.32. The zero-order valence-corrected chi connectivity index (χ0v) is 16.8. The molecular weight excluding hydrogens is 426 g/mol. The number of anilines is 1. The molecule has 1 saturated heterocycles. The fourth-order valence-corrected chi connectivity index (χ4v) is 3.52. The van der Waals surface area contributed by atoms with Crippen LogP contribution >= 0.6 is 0 Å². The minimum Gasteiger partial charge on any atom is -0.395 e. The summed E-state index contributed by atoms with van der Waals surface area (Å²) in [5.41, 5.74) is 9.14. The zero-order chi connectivity index (χ0) is 23.3. The number of rotatable bonds is 9. The van der Waals surface area contributed by atoms with Gasteiger partial charge in [0.2, 0.25) is 0 Å². The van der Waals surface area contributed by atoms with E-state index in [1.54, 1.807) is 11.1 Å². The number of β-amino-alcohol motifs (C(OH)–C–C–N with tert-alkyl or cyclic N) is 1. The van der Waals surface area contributed by atoms with Crippen molar-refractivity contribution >= 4 is 17.1 Å².